The second kappa shape index (κ2) is 8.04. The average molecular weight is 343 g/mol. The molecule has 126 valence electrons. The molecule has 2 unspecified atom stereocenters. The minimum Gasteiger partial charge on any atom is -0.478 e. The van der Waals surface area contributed by atoms with Crippen molar-refractivity contribution in [1.82, 2.24) is 0 Å². The van der Waals surface area contributed by atoms with E-state index in [0.29, 0.717) is 0 Å². The summed E-state index contributed by atoms with van der Waals surface area (Å²) in [5, 5.41) is 40.0. The maximum Gasteiger partial charge on any atom is 0.336 e. The predicted octanol–water partition coefficient (Wildman–Crippen LogP) is 1.67. The van der Waals surface area contributed by atoms with Crippen molar-refractivity contribution in [2.24, 2.45) is 0 Å². The molecule has 0 radical (unpaired) electrons. The van der Waals surface area contributed by atoms with Gasteiger partial charge in [-0.1, -0.05) is 11.8 Å². The summed E-state index contributed by atoms with van der Waals surface area (Å²) in [7, 11) is 0. The summed E-state index contributed by atoms with van der Waals surface area (Å²) in [4.78, 5) is 32.3. The lowest BCUT2D eigenvalue weighted by molar-refractivity contribution is -0.385. The first kappa shape index (κ1) is 19.1. The van der Waals surface area contributed by atoms with Gasteiger partial charge in [-0.15, -0.1) is 0 Å². The van der Waals surface area contributed by atoms with Crippen LogP contribution in [-0.4, -0.2) is 43.2 Å². The Kier molecular flexibility index (Phi) is 6.67. The Morgan fingerprint density at radius 2 is 1.96 bits per heavy atom. The molecule has 0 spiro atoms. The van der Waals surface area contributed by atoms with Crippen LogP contribution in [0.5, 0.6) is 0 Å². The van der Waals surface area contributed by atoms with E-state index in [9.17, 15) is 29.9 Å². The van der Waals surface area contributed by atoms with Crippen LogP contribution in [0.25, 0.3) is 0 Å². The minimum absolute atomic E-state index is 0.0277. The van der Waals surface area contributed by atoms with Crippen LogP contribution in [0.15, 0.2) is 12.1 Å². The van der Waals surface area contributed by atoms with Crippen LogP contribution in [0.2, 0.25) is 0 Å². The van der Waals surface area contributed by atoms with Gasteiger partial charge in [0.15, 0.2) is 5.12 Å². The zero-order valence-electron chi connectivity index (χ0n) is 12.6. The van der Waals surface area contributed by atoms with Crippen molar-refractivity contribution < 1.29 is 29.8 Å². The van der Waals surface area contributed by atoms with Gasteiger partial charge in [0, 0.05) is 24.3 Å². The van der Waals surface area contributed by atoms with E-state index in [1.165, 1.54) is 13.8 Å². The summed E-state index contributed by atoms with van der Waals surface area (Å²) in [5.74, 6) is -1.09. The molecule has 0 saturated carbocycles. The van der Waals surface area contributed by atoms with Crippen LogP contribution in [0.1, 0.15) is 40.9 Å². The van der Waals surface area contributed by atoms with Gasteiger partial charge in [-0.3, -0.25) is 14.9 Å². The van der Waals surface area contributed by atoms with E-state index in [-0.39, 0.29) is 34.0 Å². The summed E-state index contributed by atoms with van der Waals surface area (Å²) in [5.41, 5.74) is -0.831. The third-order valence-corrected chi connectivity index (χ3v) is 4.10. The molecule has 8 nitrogen and oxygen atoms in total. The van der Waals surface area contributed by atoms with Crippen molar-refractivity contribution >= 4 is 28.5 Å². The number of carboxylic acids is 1. The van der Waals surface area contributed by atoms with E-state index in [2.05, 4.69) is 0 Å². The standard InChI is InChI=1S/C14H17NO7S/c1-7-10(14(19)20)5-9(6-11(7)15(21)22)13(18)12(17)3-4-23-8(2)16/h5-6,12-13,17-18H,3-4H2,1-2H3,(H,19,20). The van der Waals surface area contributed by atoms with Gasteiger partial charge >= 0.3 is 5.97 Å². The van der Waals surface area contributed by atoms with Gasteiger partial charge < -0.3 is 15.3 Å². The van der Waals surface area contributed by atoms with E-state index < -0.39 is 28.8 Å². The number of aliphatic hydroxyl groups is 2. The van der Waals surface area contributed by atoms with Crippen molar-refractivity contribution in [1.29, 1.82) is 0 Å². The largest absolute Gasteiger partial charge is 0.478 e. The molecule has 0 heterocycles. The van der Waals surface area contributed by atoms with Crippen LogP contribution in [0.4, 0.5) is 5.69 Å². The highest BCUT2D eigenvalue weighted by Crippen LogP contribution is 2.29. The molecule has 0 bridgehead atoms. The van der Waals surface area contributed by atoms with Gasteiger partial charge in [0.1, 0.15) is 6.10 Å². The molecule has 2 atom stereocenters. The summed E-state index contributed by atoms with van der Waals surface area (Å²) < 4.78 is 0. The summed E-state index contributed by atoms with van der Waals surface area (Å²) in [6, 6.07) is 2.16. The molecule has 0 aliphatic carbocycles. The Labute approximate surface area is 136 Å². The molecule has 1 aromatic carbocycles. The van der Waals surface area contributed by atoms with Crippen molar-refractivity contribution in [2.45, 2.75) is 32.5 Å². The number of benzene rings is 1. The Balaban J connectivity index is 3.08. The fourth-order valence-electron chi connectivity index (χ4n) is 2.01. The van der Waals surface area contributed by atoms with Gasteiger partial charge in [0.05, 0.1) is 16.6 Å². The van der Waals surface area contributed by atoms with E-state index >= 15 is 0 Å². The summed E-state index contributed by atoms with van der Waals surface area (Å²) >= 11 is 0.978. The van der Waals surface area contributed by atoms with Crippen molar-refractivity contribution in [3.63, 3.8) is 0 Å². The normalized spacial score (nSPS) is 13.4. The van der Waals surface area contributed by atoms with Crippen LogP contribution in [-0.2, 0) is 4.79 Å². The molecular weight excluding hydrogens is 326 g/mol. The number of hydrogen-bond donors (Lipinski definition) is 3. The van der Waals surface area contributed by atoms with E-state index in [0.717, 1.165) is 23.9 Å². The minimum atomic E-state index is -1.49. The number of thioether (sulfide) groups is 1. The first-order valence-electron chi connectivity index (χ1n) is 6.66. The fourth-order valence-corrected chi connectivity index (χ4v) is 2.65. The molecule has 0 saturated heterocycles. The highest BCUT2D eigenvalue weighted by atomic mass is 32.2. The number of nitro groups is 1. The average Bonchev–Trinajstić information content (AvgIpc) is 2.45. The molecule has 1 rings (SSSR count). The molecule has 0 aliphatic rings. The molecule has 0 amide bonds. The van der Waals surface area contributed by atoms with Crippen molar-refractivity contribution in [3.05, 3.63) is 38.9 Å². The third kappa shape index (κ3) is 5.02. The highest BCUT2D eigenvalue weighted by molar-refractivity contribution is 8.13. The smallest absolute Gasteiger partial charge is 0.336 e. The van der Waals surface area contributed by atoms with Gasteiger partial charge in [-0.05, 0) is 25.0 Å². The second-order valence-corrected chi connectivity index (χ2v) is 6.19. The Hall–Kier alpha value is -1.97. The number of nitrogens with zero attached hydrogens (tertiary/aromatic N) is 1. The number of carbonyl (C=O) groups is 2. The van der Waals surface area contributed by atoms with E-state index in [1.54, 1.807) is 0 Å². The predicted molar refractivity (Wildman–Crippen MR) is 83.5 cm³/mol. The van der Waals surface area contributed by atoms with Crippen molar-refractivity contribution in [3.8, 4) is 0 Å². The first-order valence-corrected chi connectivity index (χ1v) is 7.65. The number of aliphatic hydroxyl groups excluding tert-OH is 2. The topological polar surface area (TPSA) is 138 Å². The number of hydrogen-bond acceptors (Lipinski definition) is 7. The van der Waals surface area contributed by atoms with Gasteiger partial charge in [-0.25, -0.2) is 4.79 Å². The highest BCUT2D eigenvalue weighted by Gasteiger charge is 2.25. The molecule has 0 aliphatic heterocycles. The fraction of sp³-hybridized carbons (Fsp3) is 0.429. The van der Waals surface area contributed by atoms with Crippen molar-refractivity contribution in [2.75, 3.05) is 5.75 Å². The lowest BCUT2D eigenvalue weighted by Gasteiger charge is -2.18. The number of nitro benzene ring substituents is 1. The number of carboxylic acid groups (broad SMARTS) is 1. The van der Waals surface area contributed by atoms with Gasteiger partial charge in [-0.2, -0.15) is 0 Å². The zero-order valence-corrected chi connectivity index (χ0v) is 13.4. The van der Waals surface area contributed by atoms with Gasteiger partial charge in [0.25, 0.3) is 5.69 Å². The van der Waals surface area contributed by atoms with E-state index in [1.807, 2.05) is 0 Å². The Bertz CT molecular complexity index is 597. The number of carbonyl (C=O) groups excluding carboxylic acids is 1. The maximum absolute atomic E-state index is 11.2. The molecule has 0 aromatic heterocycles. The Morgan fingerprint density at radius 3 is 2.43 bits per heavy atom. The molecule has 23 heavy (non-hydrogen) atoms. The number of aromatic carboxylic acids is 1. The quantitative estimate of drug-likeness (QED) is 0.502. The lowest BCUT2D eigenvalue weighted by atomic mass is 9.96. The van der Waals surface area contributed by atoms with Crippen LogP contribution in [0.3, 0.4) is 0 Å². The SMILES string of the molecule is CC(=O)SCCC(O)C(O)c1cc(C(=O)O)c(C)c([N+](=O)[O-])c1. The molecule has 1 aromatic rings. The monoisotopic (exact) mass is 343 g/mol. The summed E-state index contributed by atoms with van der Waals surface area (Å²) in [6.07, 6.45) is -2.68. The van der Waals surface area contributed by atoms with Gasteiger partial charge in [0.2, 0.25) is 0 Å². The lowest BCUT2D eigenvalue weighted by Crippen LogP contribution is -2.20. The first-order chi connectivity index (χ1) is 10.6. The van der Waals surface area contributed by atoms with Crippen LogP contribution >= 0.6 is 11.8 Å². The third-order valence-electron chi connectivity index (χ3n) is 3.25. The molecule has 9 heteroatoms. The molecule has 0 fully saturated rings. The second-order valence-electron chi connectivity index (χ2n) is 4.92. The number of rotatable bonds is 7. The molecular formula is C14H17NO7S. The summed E-state index contributed by atoms with van der Waals surface area (Å²) in [6.45, 7) is 2.67. The zero-order chi connectivity index (χ0) is 17.7. The Morgan fingerprint density at radius 1 is 1.35 bits per heavy atom. The van der Waals surface area contributed by atoms with Crippen LogP contribution < -0.4 is 0 Å². The van der Waals surface area contributed by atoms with E-state index in [4.69, 9.17) is 5.11 Å². The van der Waals surface area contributed by atoms with Crippen LogP contribution in [0, 0.1) is 17.0 Å². The maximum atomic E-state index is 11.2. The molecule has 3 N–H and O–H groups in total.